The van der Waals surface area contributed by atoms with E-state index in [4.69, 9.17) is 14.2 Å². The van der Waals surface area contributed by atoms with Gasteiger partial charge in [0.15, 0.2) is 17.5 Å². The van der Waals surface area contributed by atoms with Crippen LogP contribution < -0.4 is 24.8 Å². The summed E-state index contributed by atoms with van der Waals surface area (Å²) in [5.41, 5.74) is 1.49. The van der Waals surface area contributed by atoms with Crippen LogP contribution in [0.4, 0.5) is 4.39 Å². The minimum atomic E-state index is -0.253. The van der Waals surface area contributed by atoms with Crippen molar-refractivity contribution in [2.24, 2.45) is 4.99 Å². The highest BCUT2D eigenvalue weighted by Gasteiger charge is 2.13. The Morgan fingerprint density at radius 1 is 0.938 bits per heavy atom. The highest BCUT2D eigenvalue weighted by atomic mass is 127. The van der Waals surface area contributed by atoms with Crippen molar-refractivity contribution in [2.45, 2.75) is 13.1 Å². The van der Waals surface area contributed by atoms with Gasteiger partial charge < -0.3 is 24.8 Å². The van der Waals surface area contributed by atoms with Crippen LogP contribution in [-0.4, -0.2) is 32.2 Å². The van der Waals surface area contributed by atoms with Gasteiger partial charge in [-0.15, -0.1) is 24.0 Å². The van der Waals surface area contributed by atoms with Gasteiger partial charge in [-0.25, -0.2) is 9.37 Å². The summed E-state index contributed by atoms with van der Waals surface area (Å²) >= 11 is 0. The molecule has 7 nitrogen and oxygen atoms in total. The van der Waals surface area contributed by atoms with Crippen molar-refractivity contribution in [2.75, 3.05) is 21.3 Å². The standard InChI is InChI=1S/C23H25FN4O3.HI/c1-25-23(28-15-17-7-4-5-8-18(17)24)27-14-16-11-12-21(26-13-16)31-22-19(29-2)9-6-10-20(22)30-3;/h4-13H,14-15H2,1-3H3,(H2,25,27,28);1H. The van der Waals surface area contributed by atoms with Crippen molar-refractivity contribution in [3.8, 4) is 23.1 Å². The van der Waals surface area contributed by atoms with Crippen molar-refractivity contribution in [3.05, 3.63) is 77.7 Å². The van der Waals surface area contributed by atoms with E-state index in [1.807, 2.05) is 12.1 Å². The molecule has 0 radical (unpaired) electrons. The van der Waals surface area contributed by atoms with Gasteiger partial charge in [0.05, 0.1) is 14.2 Å². The highest BCUT2D eigenvalue weighted by molar-refractivity contribution is 14.0. The molecule has 0 aliphatic rings. The number of guanidine groups is 1. The number of pyridine rings is 1. The molecule has 170 valence electrons. The predicted octanol–water partition coefficient (Wildman–Crippen LogP) is 4.51. The number of ether oxygens (including phenoxy) is 3. The summed E-state index contributed by atoms with van der Waals surface area (Å²) in [5, 5.41) is 6.27. The molecule has 1 heterocycles. The molecule has 1 aromatic heterocycles. The van der Waals surface area contributed by atoms with E-state index in [9.17, 15) is 4.39 Å². The van der Waals surface area contributed by atoms with Crippen LogP contribution in [-0.2, 0) is 13.1 Å². The first-order valence-electron chi connectivity index (χ1n) is 9.66. The summed E-state index contributed by atoms with van der Waals surface area (Å²) in [4.78, 5) is 8.51. The van der Waals surface area contributed by atoms with Gasteiger partial charge >= 0.3 is 0 Å². The smallest absolute Gasteiger partial charge is 0.219 e. The SMILES string of the molecule is CN=C(NCc1ccc(Oc2c(OC)cccc2OC)nc1)NCc1ccccc1F.I. The number of rotatable bonds is 8. The molecule has 2 N–H and O–H groups in total. The van der Waals surface area contributed by atoms with Gasteiger partial charge in [0.25, 0.3) is 0 Å². The Labute approximate surface area is 204 Å². The largest absolute Gasteiger partial charge is 0.493 e. The lowest BCUT2D eigenvalue weighted by Gasteiger charge is -2.14. The lowest BCUT2D eigenvalue weighted by Crippen LogP contribution is -2.36. The summed E-state index contributed by atoms with van der Waals surface area (Å²) in [7, 11) is 4.79. The lowest BCUT2D eigenvalue weighted by atomic mass is 10.2. The zero-order chi connectivity index (χ0) is 22.1. The summed E-state index contributed by atoms with van der Waals surface area (Å²) in [6, 6.07) is 15.7. The maximum absolute atomic E-state index is 13.7. The number of halogens is 2. The molecule has 0 aliphatic heterocycles. The number of hydrogen-bond acceptors (Lipinski definition) is 5. The van der Waals surface area contributed by atoms with Crippen LogP contribution in [0.2, 0.25) is 0 Å². The van der Waals surface area contributed by atoms with Crippen LogP contribution in [0.3, 0.4) is 0 Å². The number of methoxy groups -OCH3 is 2. The van der Waals surface area contributed by atoms with Crippen LogP contribution in [0.1, 0.15) is 11.1 Å². The second kappa shape index (κ2) is 12.7. The van der Waals surface area contributed by atoms with Crippen LogP contribution in [0.15, 0.2) is 65.8 Å². The van der Waals surface area contributed by atoms with E-state index < -0.39 is 0 Å². The van der Waals surface area contributed by atoms with E-state index in [0.29, 0.717) is 47.7 Å². The molecule has 9 heteroatoms. The molecule has 3 rings (SSSR count). The van der Waals surface area contributed by atoms with E-state index in [2.05, 4.69) is 20.6 Å². The van der Waals surface area contributed by atoms with Crippen LogP contribution >= 0.6 is 24.0 Å². The normalized spacial score (nSPS) is 10.7. The van der Waals surface area contributed by atoms with E-state index in [-0.39, 0.29) is 29.8 Å². The first-order chi connectivity index (χ1) is 15.1. The van der Waals surface area contributed by atoms with Gasteiger partial charge in [0.2, 0.25) is 11.6 Å². The summed E-state index contributed by atoms with van der Waals surface area (Å²) in [6.45, 7) is 0.820. The van der Waals surface area contributed by atoms with Gasteiger partial charge in [0, 0.05) is 38.0 Å². The summed E-state index contributed by atoms with van der Waals surface area (Å²) in [5.74, 6) is 2.28. The van der Waals surface area contributed by atoms with E-state index in [0.717, 1.165) is 5.56 Å². The zero-order valence-electron chi connectivity index (χ0n) is 18.1. The zero-order valence-corrected chi connectivity index (χ0v) is 20.4. The van der Waals surface area contributed by atoms with Crippen molar-refractivity contribution < 1.29 is 18.6 Å². The number of nitrogens with one attached hydrogen (secondary N) is 2. The quantitative estimate of drug-likeness (QED) is 0.243. The molecule has 0 unspecified atom stereocenters. The van der Waals surface area contributed by atoms with Gasteiger partial charge in [-0.2, -0.15) is 0 Å². The minimum Gasteiger partial charge on any atom is -0.493 e. The number of aromatic nitrogens is 1. The molecule has 0 aliphatic carbocycles. The molecule has 0 saturated heterocycles. The third kappa shape index (κ3) is 6.71. The molecule has 0 atom stereocenters. The Morgan fingerprint density at radius 3 is 2.22 bits per heavy atom. The third-order valence-corrected chi connectivity index (χ3v) is 4.47. The molecule has 0 fully saturated rings. The molecule has 0 bridgehead atoms. The Balaban J connectivity index is 0.00000363. The van der Waals surface area contributed by atoms with Gasteiger partial charge in [-0.1, -0.05) is 30.3 Å². The third-order valence-electron chi connectivity index (χ3n) is 4.47. The molecular formula is C23H26FIN4O3. The summed E-state index contributed by atoms with van der Waals surface area (Å²) < 4.78 is 30.3. The molecule has 0 amide bonds. The number of hydrogen-bond donors (Lipinski definition) is 2. The maximum atomic E-state index is 13.7. The fraction of sp³-hybridized carbons (Fsp3) is 0.217. The fourth-order valence-corrected chi connectivity index (χ4v) is 2.83. The first-order valence-corrected chi connectivity index (χ1v) is 9.66. The second-order valence-corrected chi connectivity index (χ2v) is 6.47. The molecular weight excluding hydrogens is 526 g/mol. The van der Waals surface area contributed by atoms with E-state index in [1.165, 1.54) is 6.07 Å². The maximum Gasteiger partial charge on any atom is 0.219 e. The Kier molecular flexibility index (Phi) is 9.99. The molecule has 2 aromatic carbocycles. The average molecular weight is 552 g/mol. The van der Waals surface area contributed by atoms with Crippen LogP contribution in [0.5, 0.6) is 23.1 Å². The number of para-hydroxylation sites is 1. The topological polar surface area (TPSA) is 77.0 Å². The monoisotopic (exact) mass is 552 g/mol. The lowest BCUT2D eigenvalue weighted by molar-refractivity contribution is 0.342. The fourth-order valence-electron chi connectivity index (χ4n) is 2.83. The Bertz CT molecular complexity index is 1010. The molecule has 3 aromatic rings. The van der Waals surface area contributed by atoms with E-state index >= 15 is 0 Å². The number of benzene rings is 2. The van der Waals surface area contributed by atoms with Gasteiger partial charge in [-0.3, -0.25) is 4.99 Å². The highest BCUT2D eigenvalue weighted by Crippen LogP contribution is 2.39. The van der Waals surface area contributed by atoms with Gasteiger partial charge in [0.1, 0.15) is 5.82 Å². The van der Waals surface area contributed by atoms with Crippen molar-refractivity contribution in [1.82, 2.24) is 15.6 Å². The van der Waals surface area contributed by atoms with Crippen molar-refractivity contribution >= 4 is 29.9 Å². The Morgan fingerprint density at radius 2 is 1.62 bits per heavy atom. The van der Waals surface area contributed by atoms with Crippen LogP contribution in [0.25, 0.3) is 0 Å². The molecule has 0 saturated carbocycles. The van der Waals surface area contributed by atoms with Crippen molar-refractivity contribution in [3.63, 3.8) is 0 Å². The van der Waals surface area contributed by atoms with Crippen LogP contribution in [0, 0.1) is 5.82 Å². The van der Waals surface area contributed by atoms with Crippen molar-refractivity contribution in [1.29, 1.82) is 0 Å². The molecule has 0 spiro atoms. The minimum absolute atomic E-state index is 0. The summed E-state index contributed by atoms with van der Waals surface area (Å²) in [6.07, 6.45) is 1.70. The predicted molar refractivity (Wildman–Crippen MR) is 133 cm³/mol. The molecule has 32 heavy (non-hydrogen) atoms. The average Bonchev–Trinajstić information content (AvgIpc) is 2.81. The number of aliphatic imine (C=N–C) groups is 1. The van der Waals surface area contributed by atoms with Gasteiger partial charge in [-0.05, 0) is 23.8 Å². The Hall–Kier alpha value is -3.08. The first kappa shape index (κ1) is 25.2. The van der Waals surface area contributed by atoms with E-state index in [1.54, 1.807) is 63.9 Å². The number of nitrogens with zero attached hydrogens (tertiary/aromatic N) is 2. The second-order valence-electron chi connectivity index (χ2n) is 6.47.